The summed E-state index contributed by atoms with van der Waals surface area (Å²) >= 11 is 0. The third-order valence-corrected chi connectivity index (χ3v) is 5.17. The Hall–Kier alpha value is -1.20. The van der Waals surface area contributed by atoms with Crippen LogP contribution in [0.4, 0.5) is 0 Å². The third kappa shape index (κ3) is 5.21. The van der Waals surface area contributed by atoms with Crippen molar-refractivity contribution in [1.29, 1.82) is 0 Å². The van der Waals surface area contributed by atoms with E-state index in [1.807, 2.05) is 24.3 Å². The zero-order valence-electron chi connectivity index (χ0n) is 13.4. The summed E-state index contributed by atoms with van der Waals surface area (Å²) in [7, 11) is -0.938. The van der Waals surface area contributed by atoms with Gasteiger partial charge in [-0.2, -0.15) is 0 Å². The molecule has 0 bridgehead atoms. The molecule has 0 heterocycles. The average molecular weight is 322 g/mol. The Balaban J connectivity index is 1.71. The lowest BCUT2D eigenvalue weighted by Gasteiger charge is -2.16. The van der Waals surface area contributed by atoms with Crippen LogP contribution in [0.1, 0.15) is 50.6 Å². The van der Waals surface area contributed by atoms with Crippen molar-refractivity contribution in [3.05, 3.63) is 29.8 Å². The van der Waals surface area contributed by atoms with Crippen LogP contribution in [0.15, 0.2) is 29.2 Å². The monoisotopic (exact) mass is 322 g/mol. The van der Waals surface area contributed by atoms with Crippen LogP contribution >= 0.6 is 0 Å². The van der Waals surface area contributed by atoms with Crippen LogP contribution in [0, 0.1) is 0 Å². The highest BCUT2D eigenvalue weighted by Gasteiger charge is 2.16. The second kappa shape index (κ2) is 8.44. The summed E-state index contributed by atoms with van der Waals surface area (Å²) in [6.07, 6.45) is 6.91. The summed E-state index contributed by atoms with van der Waals surface area (Å²) in [4.78, 5) is 12.7. The Bertz CT molecular complexity index is 510. The molecule has 1 amide bonds. The van der Waals surface area contributed by atoms with E-state index in [1.54, 1.807) is 6.26 Å². The average Bonchev–Trinajstić information content (AvgIpc) is 3.00. The summed E-state index contributed by atoms with van der Waals surface area (Å²) in [6, 6.07) is 8.36. The Labute approximate surface area is 135 Å². The van der Waals surface area contributed by atoms with Gasteiger partial charge in [-0.3, -0.25) is 9.00 Å². The van der Waals surface area contributed by atoms with Crippen LogP contribution in [0.3, 0.4) is 0 Å². The van der Waals surface area contributed by atoms with E-state index >= 15 is 0 Å². The maximum Gasteiger partial charge on any atom is 0.221 e. The number of benzene rings is 1. The predicted molar refractivity (Wildman–Crippen MR) is 90.2 cm³/mol. The number of nitrogens with one attached hydrogen (secondary N) is 2. The van der Waals surface area contributed by atoms with E-state index in [9.17, 15) is 9.00 Å². The molecule has 4 nitrogen and oxygen atoms in total. The first-order valence-corrected chi connectivity index (χ1v) is 9.58. The standard InChI is InChI=1S/C17H26N2O2S/c1-13(14-7-9-16(10-8-14)22(2)21)18-12-11-17(20)19-15-5-3-4-6-15/h7-10,13,15,18H,3-6,11-12H2,1-2H3,(H,19,20). The van der Waals surface area contributed by atoms with Gasteiger partial charge < -0.3 is 10.6 Å². The lowest BCUT2D eigenvalue weighted by atomic mass is 10.1. The number of carbonyl (C=O) groups excluding carboxylic acids is 1. The summed E-state index contributed by atoms with van der Waals surface area (Å²) < 4.78 is 11.4. The maximum absolute atomic E-state index is 11.9. The highest BCUT2D eigenvalue weighted by Crippen LogP contribution is 2.18. The minimum absolute atomic E-state index is 0.142. The Kier molecular flexibility index (Phi) is 6.58. The smallest absolute Gasteiger partial charge is 0.221 e. The zero-order chi connectivity index (χ0) is 15.9. The molecule has 1 aromatic carbocycles. The first-order valence-electron chi connectivity index (χ1n) is 8.02. The molecule has 1 saturated carbocycles. The second-order valence-corrected chi connectivity index (χ2v) is 7.38. The Morgan fingerprint density at radius 1 is 1.27 bits per heavy atom. The lowest BCUT2D eigenvalue weighted by molar-refractivity contribution is -0.121. The molecule has 0 spiro atoms. The molecule has 5 heteroatoms. The van der Waals surface area contributed by atoms with Crippen LogP contribution < -0.4 is 10.6 Å². The Morgan fingerprint density at radius 2 is 1.91 bits per heavy atom. The molecule has 2 rings (SSSR count). The van der Waals surface area contributed by atoms with Crippen LogP contribution in [0.2, 0.25) is 0 Å². The van der Waals surface area contributed by atoms with Crippen molar-refractivity contribution < 1.29 is 9.00 Å². The van der Waals surface area contributed by atoms with Crippen molar-refractivity contribution >= 4 is 16.7 Å². The van der Waals surface area contributed by atoms with Crippen molar-refractivity contribution in [2.24, 2.45) is 0 Å². The minimum atomic E-state index is -0.938. The molecular weight excluding hydrogens is 296 g/mol. The highest BCUT2D eigenvalue weighted by molar-refractivity contribution is 7.84. The quantitative estimate of drug-likeness (QED) is 0.811. The van der Waals surface area contributed by atoms with Gasteiger partial charge in [0, 0.05) is 47.0 Å². The summed E-state index contributed by atoms with van der Waals surface area (Å²) in [6.45, 7) is 2.74. The van der Waals surface area contributed by atoms with Crippen molar-refractivity contribution in [2.45, 2.75) is 56.0 Å². The number of carbonyl (C=O) groups is 1. The molecule has 1 fully saturated rings. The number of hydrogen-bond acceptors (Lipinski definition) is 3. The molecule has 0 aliphatic heterocycles. The molecule has 2 unspecified atom stereocenters. The molecule has 2 N–H and O–H groups in total. The molecule has 0 aromatic heterocycles. The van der Waals surface area contributed by atoms with Crippen LogP contribution in [0.25, 0.3) is 0 Å². The first kappa shape index (κ1) is 17.2. The van der Waals surface area contributed by atoms with E-state index in [4.69, 9.17) is 0 Å². The van der Waals surface area contributed by atoms with Gasteiger partial charge in [-0.15, -0.1) is 0 Å². The van der Waals surface area contributed by atoms with Gasteiger partial charge in [0.25, 0.3) is 0 Å². The SMILES string of the molecule is CC(NCCC(=O)NC1CCCC1)c1ccc(S(C)=O)cc1. The highest BCUT2D eigenvalue weighted by atomic mass is 32.2. The van der Waals surface area contributed by atoms with Gasteiger partial charge in [0.15, 0.2) is 0 Å². The molecule has 1 aromatic rings. The molecule has 1 aliphatic rings. The van der Waals surface area contributed by atoms with Gasteiger partial charge in [-0.25, -0.2) is 0 Å². The first-order chi connectivity index (χ1) is 10.6. The van der Waals surface area contributed by atoms with E-state index in [0.717, 1.165) is 23.3 Å². The summed E-state index contributed by atoms with van der Waals surface area (Å²) in [5, 5.41) is 6.47. The van der Waals surface area contributed by atoms with Gasteiger partial charge in [0.05, 0.1) is 0 Å². The largest absolute Gasteiger partial charge is 0.353 e. The topological polar surface area (TPSA) is 58.2 Å². The third-order valence-electron chi connectivity index (χ3n) is 4.23. The lowest BCUT2D eigenvalue weighted by Crippen LogP contribution is -2.34. The number of rotatable bonds is 7. The van der Waals surface area contributed by atoms with Gasteiger partial charge in [0.1, 0.15) is 0 Å². The van der Waals surface area contributed by atoms with E-state index in [0.29, 0.717) is 19.0 Å². The van der Waals surface area contributed by atoms with Crippen LogP contribution in [0.5, 0.6) is 0 Å². The second-order valence-electron chi connectivity index (χ2n) is 6.00. The molecule has 1 aliphatic carbocycles. The molecule has 0 saturated heterocycles. The zero-order valence-corrected chi connectivity index (χ0v) is 14.2. The van der Waals surface area contributed by atoms with E-state index in [-0.39, 0.29) is 11.9 Å². The van der Waals surface area contributed by atoms with E-state index < -0.39 is 10.8 Å². The molecule has 22 heavy (non-hydrogen) atoms. The summed E-state index contributed by atoms with van der Waals surface area (Å²) in [5.74, 6) is 0.142. The summed E-state index contributed by atoms with van der Waals surface area (Å²) in [5.41, 5.74) is 1.14. The predicted octanol–water partition coefficient (Wildman–Crippen LogP) is 2.52. The fourth-order valence-electron chi connectivity index (χ4n) is 2.84. The number of hydrogen-bond donors (Lipinski definition) is 2. The van der Waals surface area contributed by atoms with Gasteiger partial charge in [0.2, 0.25) is 5.91 Å². The van der Waals surface area contributed by atoms with Gasteiger partial charge in [-0.1, -0.05) is 25.0 Å². The number of amides is 1. The minimum Gasteiger partial charge on any atom is -0.353 e. The van der Waals surface area contributed by atoms with Gasteiger partial charge in [-0.05, 0) is 37.5 Å². The van der Waals surface area contributed by atoms with Crippen molar-refractivity contribution in [3.63, 3.8) is 0 Å². The normalized spacial score (nSPS) is 18.1. The molecular formula is C17H26N2O2S. The molecule has 122 valence electrons. The molecule has 0 radical (unpaired) electrons. The van der Waals surface area contributed by atoms with Crippen molar-refractivity contribution in [2.75, 3.05) is 12.8 Å². The van der Waals surface area contributed by atoms with Gasteiger partial charge >= 0.3 is 0 Å². The molecule has 2 atom stereocenters. The van der Waals surface area contributed by atoms with Crippen LogP contribution in [-0.4, -0.2) is 29.0 Å². The van der Waals surface area contributed by atoms with E-state index in [2.05, 4.69) is 17.6 Å². The fraction of sp³-hybridized carbons (Fsp3) is 0.588. The Morgan fingerprint density at radius 3 is 2.50 bits per heavy atom. The van der Waals surface area contributed by atoms with E-state index in [1.165, 1.54) is 12.8 Å². The van der Waals surface area contributed by atoms with Crippen molar-refractivity contribution in [1.82, 2.24) is 10.6 Å². The fourth-order valence-corrected chi connectivity index (χ4v) is 3.36. The van der Waals surface area contributed by atoms with Crippen molar-refractivity contribution in [3.8, 4) is 0 Å². The van der Waals surface area contributed by atoms with Crippen LogP contribution in [-0.2, 0) is 15.6 Å². The maximum atomic E-state index is 11.9.